The lowest BCUT2D eigenvalue weighted by Gasteiger charge is -2.17. The highest BCUT2D eigenvalue weighted by Gasteiger charge is 2.17. The molecule has 0 radical (unpaired) electrons. The number of nitrogens with zero attached hydrogens (tertiary/aromatic N) is 2. The van der Waals surface area contributed by atoms with Crippen molar-refractivity contribution >= 4 is 15.9 Å². The first kappa shape index (κ1) is 17.7. The van der Waals surface area contributed by atoms with E-state index in [9.17, 15) is 0 Å². The van der Waals surface area contributed by atoms with Crippen molar-refractivity contribution in [2.75, 3.05) is 20.3 Å². The van der Waals surface area contributed by atoms with E-state index in [4.69, 9.17) is 4.74 Å². The van der Waals surface area contributed by atoms with Gasteiger partial charge in [0, 0.05) is 32.2 Å². The van der Waals surface area contributed by atoms with E-state index in [1.165, 1.54) is 10.2 Å². The molecule has 0 bridgehead atoms. The third-order valence-electron chi connectivity index (χ3n) is 3.50. The van der Waals surface area contributed by atoms with Crippen LogP contribution in [0.5, 0.6) is 0 Å². The zero-order valence-electron chi connectivity index (χ0n) is 13.2. The summed E-state index contributed by atoms with van der Waals surface area (Å²) in [6.45, 7) is 9.01. The van der Waals surface area contributed by atoms with Crippen molar-refractivity contribution in [3.8, 4) is 0 Å². The highest BCUT2D eigenvalue weighted by Crippen LogP contribution is 2.24. The third-order valence-corrected chi connectivity index (χ3v) is 4.42. The Hall–Kier alpha value is -0.390. The van der Waals surface area contributed by atoms with Gasteiger partial charge in [0.05, 0.1) is 15.9 Å². The second-order valence-electron chi connectivity index (χ2n) is 4.97. The minimum atomic E-state index is 0.426. The van der Waals surface area contributed by atoms with Crippen LogP contribution in [0.2, 0.25) is 0 Å². The summed E-state index contributed by atoms with van der Waals surface area (Å²) in [6, 6.07) is 0.426. The quantitative estimate of drug-likeness (QED) is 0.662. The van der Waals surface area contributed by atoms with Crippen molar-refractivity contribution in [2.24, 2.45) is 0 Å². The van der Waals surface area contributed by atoms with Crippen molar-refractivity contribution in [3.05, 3.63) is 15.9 Å². The molecule has 0 aliphatic heterocycles. The number of likely N-dealkylation sites (N-methyl/N-ethyl adjacent to an activating group) is 1. The second-order valence-corrected chi connectivity index (χ2v) is 5.76. The number of ether oxygens (including phenoxy) is 1. The van der Waals surface area contributed by atoms with Crippen LogP contribution in [-0.4, -0.2) is 36.1 Å². The van der Waals surface area contributed by atoms with Crippen LogP contribution in [-0.2, 0) is 24.1 Å². The molecule has 0 fully saturated rings. The Kier molecular flexibility index (Phi) is 8.41. The maximum absolute atomic E-state index is 5.59. The predicted octanol–water partition coefficient (Wildman–Crippen LogP) is 3.18. The summed E-state index contributed by atoms with van der Waals surface area (Å²) in [5.74, 6) is 0. The zero-order valence-corrected chi connectivity index (χ0v) is 14.8. The molecule has 1 heterocycles. The molecule has 0 aliphatic carbocycles. The molecule has 20 heavy (non-hydrogen) atoms. The Morgan fingerprint density at radius 1 is 1.30 bits per heavy atom. The van der Waals surface area contributed by atoms with Crippen molar-refractivity contribution in [1.82, 2.24) is 15.1 Å². The van der Waals surface area contributed by atoms with Crippen LogP contribution in [0.4, 0.5) is 0 Å². The van der Waals surface area contributed by atoms with Gasteiger partial charge in [0.2, 0.25) is 0 Å². The van der Waals surface area contributed by atoms with Gasteiger partial charge in [-0.1, -0.05) is 13.8 Å². The Morgan fingerprint density at radius 3 is 2.60 bits per heavy atom. The van der Waals surface area contributed by atoms with E-state index in [2.05, 4.69) is 51.8 Å². The van der Waals surface area contributed by atoms with Crippen LogP contribution in [0, 0.1) is 0 Å². The number of hydrogen-bond donors (Lipinski definition) is 1. The zero-order chi connectivity index (χ0) is 15.0. The van der Waals surface area contributed by atoms with Gasteiger partial charge in [-0.3, -0.25) is 4.68 Å². The fourth-order valence-corrected chi connectivity index (χ4v) is 2.99. The van der Waals surface area contributed by atoms with Gasteiger partial charge in [-0.15, -0.1) is 0 Å². The summed E-state index contributed by atoms with van der Waals surface area (Å²) < 4.78 is 8.88. The summed E-state index contributed by atoms with van der Waals surface area (Å²) in [5, 5.41) is 8.05. The van der Waals surface area contributed by atoms with E-state index >= 15 is 0 Å². The molecule has 1 atom stereocenters. The minimum Gasteiger partial charge on any atom is -0.381 e. The first-order chi connectivity index (χ1) is 9.67. The Balaban J connectivity index is 2.66. The van der Waals surface area contributed by atoms with E-state index in [0.717, 1.165) is 51.1 Å². The molecule has 0 aromatic carbocycles. The van der Waals surface area contributed by atoms with Gasteiger partial charge in [0.25, 0.3) is 0 Å². The molecule has 116 valence electrons. The maximum Gasteiger partial charge on any atom is 0.0766 e. The highest BCUT2D eigenvalue weighted by molar-refractivity contribution is 9.10. The average Bonchev–Trinajstić information content (AvgIpc) is 2.78. The van der Waals surface area contributed by atoms with Crippen molar-refractivity contribution in [1.29, 1.82) is 0 Å². The smallest absolute Gasteiger partial charge is 0.0766 e. The van der Waals surface area contributed by atoms with E-state index in [1.54, 1.807) is 0 Å². The standard InChI is InChI=1S/C15H28BrN3O/c1-5-9-20-10-8-12(17-4)11-14-15(16)13(6-2)18-19(14)7-3/h12,17H,5-11H2,1-4H3. The first-order valence-electron chi connectivity index (χ1n) is 7.66. The number of nitrogens with one attached hydrogen (secondary N) is 1. The van der Waals surface area contributed by atoms with Gasteiger partial charge in [-0.05, 0) is 49.2 Å². The summed E-state index contributed by atoms with van der Waals surface area (Å²) in [7, 11) is 2.02. The molecule has 1 rings (SSSR count). The Morgan fingerprint density at radius 2 is 2.05 bits per heavy atom. The van der Waals surface area contributed by atoms with Crippen molar-refractivity contribution < 1.29 is 4.74 Å². The number of aryl methyl sites for hydroxylation is 2. The monoisotopic (exact) mass is 345 g/mol. The molecule has 1 aromatic rings. The highest BCUT2D eigenvalue weighted by atomic mass is 79.9. The van der Waals surface area contributed by atoms with Gasteiger partial charge in [0.1, 0.15) is 0 Å². The molecule has 0 saturated carbocycles. The maximum atomic E-state index is 5.59. The topological polar surface area (TPSA) is 39.1 Å². The van der Waals surface area contributed by atoms with Gasteiger partial charge >= 0.3 is 0 Å². The van der Waals surface area contributed by atoms with Gasteiger partial charge in [-0.2, -0.15) is 5.10 Å². The van der Waals surface area contributed by atoms with E-state index < -0.39 is 0 Å². The SMILES string of the molecule is CCCOCCC(Cc1c(Br)c(CC)nn1CC)NC. The summed E-state index contributed by atoms with van der Waals surface area (Å²) in [6.07, 6.45) is 4.05. The van der Waals surface area contributed by atoms with E-state index in [1.807, 2.05) is 7.05 Å². The molecule has 1 unspecified atom stereocenters. The van der Waals surface area contributed by atoms with E-state index in [-0.39, 0.29) is 0 Å². The Bertz CT molecular complexity index is 393. The van der Waals surface area contributed by atoms with Crippen molar-refractivity contribution in [3.63, 3.8) is 0 Å². The molecular weight excluding hydrogens is 318 g/mol. The van der Waals surface area contributed by atoms with Gasteiger partial charge in [0.15, 0.2) is 0 Å². The summed E-state index contributed by atoms with van der Waals surface area (Å²) in [5.41, 5.74) is 2.44. The van der Waals surface area contributed by atoms with Crippen LogP contribution < -0.4 is 5.32 Å². The number of aromatic nitrogens is 2. The lowest BCUT2D eigenvalue weighted by atomic mass is 10.1. The van der Waals surface area contributed by atoms with Crippen LogP contribution in [0.1, 0.15) is 45.0 Å². The lowest BCUT2D eigenvalue weighted by Crippen LogP contribution is -2.30. The second kappa shape index (κ2) is 9.53. The molecule has 0 saturated heterocycles. The number of rotatable bonds is 10. The fraction of sp³-hybridized carbons (Fsp3) is 0.800. The van der Waals surface area contributed by atoms with E-state index in [0.29, 0.717) is 6.04 Å². The lowest BCUT2D eigenvalue weighted by molar-refractivity contribution is 0.125. The van der Waals surface area contributed by atoms with Gasteiger partial charge in [-0.25, -0.2) is 0 Å². The summed E-state index contributed by atoms with van der Waals surface area (Å²) >= 11 is 3.71. The predicted molar refractivity (Wildman–Crippen MR) is 87.3 cm³/mol. The molecule has 1 aromatic heterocycles. The molecular formula is C15H28BrN3O. The normalized spacial score (nSPS) is 12.8. The third kappa shape index (κ3) is 4.86. The van der Waals surface area contributed by atoms with Crippen LogP contribution in [0.25, 0.3) is 0 Å². The Labute approximate surface area is 131 Å². The number of halogens is 1. The molecule has 0 spiro atoms. The molecule has 5 heteroatoms. The number of hydrogen-bond acceptors (Lipinski definition) is 3. The fourth-order valence-electron chi connectivity index (χ4n) is 2.27. The van der Waals surface area contributed by atoms with Crippen LogP contribution in [0.3, 0.4) is 0 Å². The molecule has 4 nitrogen and oxygen atoms in total. The molecule has 1 N–H and O–H groups in total. The molecule has 0 aliphatic rings. The van der Waals surface area contributed by atoms with Crippen molar-refractivity contribution in [2.45, 2.75) is 59.0 Å². The largest absolute Gasteiger partial charge is 0.381 e. The molecule has 0 amide bonds. The van der Waals surface area contributed by atoms with Gasteiger partial charge < -0.3 is 10.1 Å². The first-order valence-corrected chi connectivity index (χ1v) is 8.46. The average molecular weight is 346 g/mol. The minimum absolute atomic E-state index is 0.426. The summed E-state index contributed by atoms with van der Waals surface area (Å²) in [4.78, 5) is 0. The van der Waals surface area contributed by atoms with Crippen LogP contribution >= 0.6 is 15.9 Å². The van der Waals surface area contributed by atoms with Crippen LogP contribution in [0.15, 0.2) is 4.47 Å².